The second-order valence-corrected chi connectivity index (χ2v) is 12.0. The molecule has 0 atom stereocenters. The van der Waals surface area contributed by atoms with E-state index in [4.69, 9.17) is 21.1 Å². The van der Waals surface area contributed by atoms with Crippen molar-refractivity contribution in [3.05, 3.63) is 70.0 Å². The van der Waals surface area contributed by atoms with E-state index in [1.807, 2.05) is 13.8 Å². The lowest BCUT2D eigenvalue weighted by atomic mass is 9.92. The van der Waals surface area contributed by atoms with Gasteiger partial charge in [-0.2, -0.15) is 28.1 Å². The van der Waals surface area contributed by atoms with Crippen LogP contribution in [0.3, 0.4) is 0 Å². The van der Waals surface area contributed by atoms with Crippen LogP contribution < -0.4 is 20.1 Å². The maximum atomic E-state index is 12.9. The van der Waals surface area contributed by atoms with E-state index in [1.165, 1.54) is 11.8 Å². The van der Waals surface area contributed by atoms with Crippen LogP contribution in [-0.2, 0) is 22.6 Å². The van der Waals surface area contributed by atoms with Gasteiger partial charge in [-0.1, -0.05) is 43.6 Å². The van der Waals surface area contributed by atoms with Gasteiger partial charge < -0.3 is 25.0 Å². The fourth-order valence-corrected chi connectivity index (χ4v) is 4.84. The van der Waals surface area contributed by atoms with E-state index in [-0.39, 0.29) is 56.9 Å². The minimum Gasteiger partial charge on any atom is -0.492 e. The van der Waals surface area contributed by atoms with Crippen molar-refractivity contribution in [3.8, 4) is 11.8 Å². The SMILES string of the molecule is CC(=O)C(=O)N1CCCOc2ccc(cc2Cl)CNc2nc(nc(OCC(F)(F)F)n2)Cc2ccc(cc2)C(=O)NCC(C)(C)C1. The number of benzene rings is 2. The zero-order valence-electron chi connectivity index (χ0n) is 25.5. The van der Waals surface area contributed by atoms with Crippen LogP contribution in [0.4, 0.5) is 19.1 Å². The predicted molar refractivity (Wildman–Crippen MR) is 163 cm³/mol. The molecular weight excluding hydrogens is 629 g/mol. The lowest BCUT2D eigenvalue weighted by Crippen LogP contribution is -2.46. The number of carbonyl (C=O) groups excluding carboxylic acids is 3. The Balaban J connectivity index is 1.61. The standard InChI is InChI=1S/C31H34ClF3N6O5/c1-19(42)27(44)41-11-4-12-45-24-10-7-21(13-23(24)32)15-36-28-38-25(39-29(40-28)46-18-31(33,34)35)14-20-5-8-22(9-6-20)26(43)37-16-30(2,3)17-41/h5-10,13H,4,11-12,14-18H2,1-3H3,(H,37,43)(H,36,38,39,40). The number of halogens is 4. The highest BCUT2D eigenvalue weighted by molar-refractivity contribution is 6.35. The number of rotatable bonds is 3. The Hall–Kier alpha value is -4.46. The first kappa shape index (κ1) is 34.4. The molecule has 15 heteroatoms. The number of amides is 2. The number of Topliss-reactive ketones (excluding diaryl/α,β-unsaturated/α-hetero) is 1. The van der Waals surface area contributed by atoms with Gasteiger partial charge >= 0.3 is 12.2 Å². The third kappa shape index (κ3) is 10.3. The summed E-state index contributed by atoms with van der Waals surface area (Å²) in [5.74, 6) is -0.995. The van der Waals surface area contributed by atoms with Gasteiger partial charge in [-0.25, -0.2) is 0 Å². The number of ether oxygens (including phenoxy) is 2. The van der Waals surface area contributed by atoms with Crippen LogP contribution in [0.1, 0.15) is 54.5 Å². The number of hydrogen-bond donors (Lipinski definition) is 2. The van der Waals surface area contributed by atoms with Gasteiger partial charge in [0.05, 0.1) is 11.6 Å². The van der Waals surface area contributed by atoms with Gasteiger partial charge in [0.15, 0.2) is 6.61 Å². The molecule has 3 aromatic rings. The monoisotopic (exact) mass is 662 g/mol. The average molecular weight is 663 g/mol. The fourth-order valence-electron chi connectivity index (χ4n) is 4.58. The highest BCUT2D eigenvalue weighted by Crippen LogP contribution is 2.26. The van der Waals surface area contributed by atoms with Crippen molar-refractivity contribution in [2.45, 2.75) is 46.3 Å². The Labute approximate surface area is 268 Å². The smallest absolute Gasteiger partial charge is 0.422 e. The van der Waals surface area contributed by atoms with Crippen molar-refractivity contribution in [3.63, 3.8) is 0 Å². The number of anilines is 1. The zero-order valence-corrected chi connectivity index (χ0v) is 26.3. The van der Waals surface area contributed by atoms with Crippen LogP contribution in [0.15, 0.2) is 42.5 Å². The molecule has 4 aliphatic heterocycles. The first-order valence-electron chi connectivity index (χ1n) is 14.4. The zero-order chi connectivity index (χ0) is 33.5. The van der Waals surface area contributed by atoms with Crippen LogP contribution >= 0.6 is 11.6 Å². The maximum absolute atomic E-state index is 12.9. The maximum Gasteiger partial charge on any atom is 0.422 e. The second kappa shape index (κ2) is 14.8. The van der Waals surface area contributed by atoms with Gasteiger partial charge in [-0.05, 0) is 47.2 Å². The van der Waals surface area contributed by atoms with E-state index in [2.05, 4.69) is 25.6 Å². The largest absolute Gasteiger partial charge is 0.492 e. The molecule has 0 spiro atoms. The molecular formula is C31H34ClF3N6O5. The molecule has 0 saturated heterocycles. The number of ketones is 1. The normalized spacial score (nSPS) is 16.1. The summed E-state index contributed by atoms with van der Waals surface area (Å²) in [6, 6.07) is 11.2. The third-order valence-corrected chi connectivity index (χ3v) is 7.11. The first-order chi connectivity index (χ1) is 21.7. The van der Waals surface area contributed by atoms with E-state index in [9.17, 15) is 27.6 Å². The van der Waals surface area contributed by atoms with Crippen molar-refractivity contribution in [1.29, 1.82) is 0 Å². The molecule has 46 heavy (non-hydrogen) atoms. The number of carbonyl (C=O) groups is 3. The fraction of sp³-hybridized carbons (Fsp3) is 0.419. The van der Waals surface area contributed by atoms with Gasteiger partial charge in [0.25, 0.3) is 11.8 Å². The molecule has 4 aliphatic rings. The van der Waals surface area contributed by atoms with Crippen molar-refractivity contribution in [1.82, 2.24) is 25.2 Å². The average Bonchev–Trinajstić information content (AvgIpc) is 2.99. The molecule has 0 radical (unpaired) electrons. The summed E-state index contributed by atoms with van der Waals surface area (Å²) in [4.78, 5) is 51.4. The summed E-state index contributed by atoms with van der Waals surface area (Å²) in [6.45, 7) is 4.47. The molecule has 11 nitrogen and oxygen atoms in total. The van der Waals surface area contributed by atoms with Crippen molar-refractivity contribution in [2.24, 2.45) is 5.41 Å². The summed E-state index contributed by atoms with van der Waals surface area (Å²) in [5, 5.41) is 6.16. The van der Waals surface area contributed by atoms with Gasteiger partial charge in [0.2, 0.25) is 11.7 Å². The highest BCUT2D eigenvalue weighted by Gasteiger charge is 2.30. The topological polar surface area (TPSA) is 136 Å². The number of hydrogen-bond acceptors (Lipinski definition) is 9. The molecule has 0 saturated carbocycles. The summed E-state index contributed by atoms with van der Waals surface area (Å²) >= 11 is 6.44. The number of nitrogens with zero attached hydrogens (tertiary/aromatic N) is 4. The van der Waals surface area contributed by atoms with Crippen molar-refractivity contribution >= 4 is 35.1 Å². The summed E-state index contributed by atoms with van der Waals surface area (Å²) in [7, 11) is 0. The summed E-state index contributed by atoms with van der Waals surface area (Å²) < 4.78 is 49.1. The molecule has 0 unspecified atom stereocenters. The highest BCUT2D eigenvalue weighted by atomic mass is 35.5. The van der Waals surface area contributed by atoms with E-state index >= 15 is 0 Å². The van der Waals surface area contributed by atoms with Crippen LogP contribution in [0, 0.1) is 5.41 Å². The van der Waals surface area contributed by atoms with Crippen LogP contribution in [-0.4, -0.2) is 76.5 Å². The molecule has 2 aromatic carbocycles. The quantitative estimate of drug-likeness (QED) is 0.385. The van der Waals surface area contributed by atoms with E-state index in [1.54, 1.807) is 42.5 Å². The molecule has 7 rings (SSSR count). The minimum atomic E-state index is -4.59. The lowest BCUT2D eigenvalue weighted by Gasteiger charge is -2.32. The first-order valence-corrected chi connectivity index (χ1v) is 14.8. The Bertz CT molecular complexity index is 1570. The molecule has 2 amide bonds. The van der Waals surface area contributed by atoms with Crippen LogP contribution in [0.25, 0.3) is 0 Å². The number of nitrogens with one attached hydrogen (secondary N) is 2. The van der Waals surface area contributed by atoms with Gasteiger partial charge in [0.1, 0.15) is 11.6 Å². The molecule has 6 bridgehead atoms. The van der Waals surface area contributed by atoms with Crippen LogP contribution in [0.2, 0.25) is 5.02 Å². The third-order valence-electron chi connectivity index (χ3n) is 6.82. The van der Waals surface area contributed by atoms with E-state index in [0.29, 0.717) is 33.9 Å². The molecule has 1 aromatic heterocycles. The number of alkyl halides is 3. The predicted octanol–water partition coefficient (Wildman–Crippen LogP) is 4.63. The second-order valence-electron chi connectivity index (χ2n) is 11.6. The Morgan fingerprint density at radius 3 is 2.46 bits per heavy atom. The molecule has 0 aliphatic carbocycles. The Morgan fingerprint density at radius 2 is 1.78 bits per heavy atom. The molecule has 246 valence electrons. The lowest BCUT2D eigenvalue weighted by molar-refractivity contribution is -0.154. The van der Waals surface area contributed by atoms with Crippen LogP contribution in [0.5, 0.6) is 11.8 Å². The molecule has 0 fully saturated rings. The van der Waals surface area contributed by atoms with Crippen molar-refractivity contribution in [2.75, 3.05) is 38.2 Å². The van der Waals surface area contributed by atoms with E-state index < -0.39 is 35.9 Å². The number of aromatic nitrogens is 3. The van der Waals surface area contributed by atoms with E-state index in [0.717, 1.165) is 0 Å². The Morgan fingerprint density at radius 1 is 1.07 bits per heavy atom. The molecule has 2 N–H and O–H groups in total. The Kier molecular flexibility index (Phi) is 11.0. The van der Waals surface area contributed by atoms with Gasteiger partial charge in [0, 0.05) is 45.1 Å². The summed E-state index contributed by atoms with van der Waals surface area (Å²) in [6.07, 6.45) is -4.06. The molecule has 5 heterocycles. The van der Waals surface area contributed by atoms with Gasteiger partial charge in [-0.3, -0.25) is 14.4 Å². The van der Waals surface area contributed by atoms with Gasteiger partial charge in [-0.15, -0.1) is 0 Å². The minimum absolute atomic E-state index is 0.00338. The van der Waals surface area contributed by atoms with Crippen molar-refractivity contribution < 1.29 is 37.0 Å². The summed E-state index contributed by atoms with van der Waals surface area (Å²) in [5.41, 5.74) is 1.19.